The molecule has 1 atom stereocenters. The molecule has 0 radical (unpaired) electrons. The van der Waals surface area contributed by atoms with Gasteiger partial charge in [0, 0.05) is 17.0 Å². The Morgan fingerprint density at radius 3 is 2.75 bits per heavy atom. The standard InChI is InChI=1S/C9H6Cl2N2O2S/c10-8-4-13-9(11)7-3-5(15-16(12)14)1-2-6(7)8/h1-4H,12H2. The van der Waals surface area contributed by atoms with Crippen LogP contribution in [0.3, 0.4) is 0 Å². The molecule has 4 nitrogen and oxygen atoms in total. The highest BCUT2D eigenvalue weighted by Crippen LogP contribution is 2.30. The van der Waals surface area contributed by atoms with Gasteiger partial charge in [0.1, 0.15) is 10.9 Å². The number of hydrogen-bond acceptors (Lipinski definition) is 3. The molecular weight excluding hydrogens is 271 g/mol. The van der Waals surface area contributed by atoms with E-state index in [9.17, 15) is 4.21 Å². The highest BCUT2D eigenvalue weighted by atomic mass is 35.5. The van der Waals surface area contributed by atoms with Gasteiger partial charge in [-0.2, -0.15) is 4.21 Å². The number of pyridine rings is 1. The number of benzene rings is 1. The van der Waals surface area contributed by atoms with Gasteiger partial charge in [0.2, 0.25) is 0 Å². The van der Waals surface area contributed by atoms with Gasteiger partial charge in [-0.15, -0.1) is 0 Å². The maximum atomic E-state index is 10.7. The molecule has 84 valence electrons. The molecule has 2 N–H and O–H groups in total. The molecule has 0 spiro atoms. The van der Waals surface area contributed by atoms with Crippen LogP contribution in [0.1, 0.15) is 0 Å². The maximum absolute atomic E-state index is 10.7. The molecule has 1 aromatic carbocycles. The quantitative estimate of drug-likeness (QED) is 0.857. The lowest BCUT2D eigenvalue weighted by Gasteiger charge is -2.05. The summed E-state index contributed by atoms with van der Waals surface area (Å²) in [7, 11) is 0. The average molecular weight is 277 g/mol. The number of nitrogens with zero attached hydrogens (tertiary/aromatic N) is 1. The summed E-state index contributed by atoms with van der Waals surface area (Å²) < 4.78 is 15.5. The smallest absolute Gasteiger partial charge is 0.285 e. The van der Waals surface area contributed by atoms with Gasteiger partial charge in [-0.25, -0.2) is 10.1 Å². The lowest BCUT2D eigenvalue weighted by molar-refractivity contribution is 0.564. The van der Waals surface area contributed by atoms with Gasteiger partial charge in [0.05, 0.1) is 5.02 Å². The molecule has 2 aromatic rings. The Balaban J connectivity index is 2.61. The molecule has 7 heteroatoms. The van der Waals surface area contributed by atoms with Crippen molar-refractivity contribution in [3.05, 3.63) is 34.6 Å². The van der Waals surface area contributed by atoms with Crippen molar-refractivity contribution in [2.24, 2.45) is 5.14 Å². The van der Waals surface area contributed by atoms with Gasteiger partial charge in [-0.3, -0.25) is 0 Å². The van der Waals surface area contributed by atoms with Crippen molar-refractivity contribution in [3.63, 3.8) is 0 Å². The van der Waals surface area contributed by atoms with Crippen molar-refractivity contribution in [2.75, 3.05) is 0 Å². The van der Waals surface area contributed by atoms with E-state index in [0.29, 0.717) is 21.3 Å². The minimum absolute atomic E-state index is 0.299. The molecule has 2 rings (SSSR count). The number of fused-ring (bicyclic) bond motifs is 1. The summed E-state index contributed by atoms with van der Waals surface area (Å²) in [5.74, 6) is 0.347. The first-order chi connectivity index (χ1) is 7.58. The lowest BCUT2D eigenvalue weighted by Crippen LogP contribution is -2.09. The first-order valence-electron chi connectivity index (χ1n) is 4.16. The molecule has 1 aromatic heterocycles. The second kappa shape index (κ2) is 4.55. The SMILES string of the molecule is NS(=O)Oc1ccc2c(Cl)cnc(Cl)c2c1. The van der Waals surface area contributed by atoms with E-state index in [-0.39, 0.29) is 0 Å². The van der Waals surface area contributed by atoms with E-state index in [2.05, 4.69) is 4.98 Å². The van der Waals surface area contributed by atoms with Gasteiger partial charge in [0.15, 0.2) is 0 Å². The zero-order valence-corrected chi connectivity index (χ0v) is 10.1. The third-order valence-corrected chi connectivity index (χ3v) is 2.90. The molecule has 0 amide bonds. The average Bonchev–Trinajstić information content (AvgIpc) is 2.23. The summed E-state index contributed by atoms with van der Waals surface area (Å²) in [6.07, 6.45) is 1.47. The Bertz CT molecular complexity index is 577. The van der Waals surface area contributed by atoms with Gasteiger partial charge in [-0.05, 0) is 18.2 Å². The van der Waals surface area contributed by atoms with E-state index in [1.807, 2.05) is 0 Å². The second-order valence-electron chi connectivity index (χ2n) is 2.95. The molecule has 0 saturated heterocycles. The van der Waals surface area contributed by atoms with Crippen LogP contribution in [-0.4, -0.2) is 9.19 Å². The topological polar surface area (TPSA) is 65.2 Å². The van der Waals surface area contributed by atoms with Crippen molar-refractivity contribution in [1.82, 2.24) is 4.98 Å². The Labute approximate surface area is 104 Å². The number of rotatable bonds is 2. The van der Waals surface area contributed by atoms with Crippen molar-refractivity contribution in [2.45, 2.75) is 0 Å². The summed E-state index contributed by atoms with van der Waals surface area (Å²) >= 11 is 9.98. The highest BCUT2D eigenvalue weighted by Gasteiger charge is 2.07. The van der Waals surface area contributed by atoms with Crippen LogP contribution >= 0.6 is 23.2 Å². The predicted octanol–water partition coefficient (Wildman–Crippen LogP) is 2.46. The van der Waals surface area contributed by atoms with E-state index in [1.54, 1.807) is 18.2 Å². The molecule has 0 aliphatic rings. The van der Waals surface area contributed by atoms with Gasteiger partial charge in [-0.1, -0.05) is 23.2 Å². The monoisotopic (exact) mass is 276 g/mol. The zero-order chi connectivity index (χ0) is 11.7. The van der Waals surface area contributed by atoms with E-state index < -0.39 is 11.3 Å². The van der Waals surface area contributed by atoms with Crippen molar-refractivity contribution in [3.8, 4) is 5.75 Å². The molecule has 1 unspecified atom stereocenters. The first-order valence-corrected chi connectivity index (χ1v) is 6.05. The Hall–Kier alpha value is -0.880. The Morgan fingerprint density at radius 1 is 1.31 bits per heavy atom. The number of halogens is 2. The normalized spacial score (nSPS) is 12.7. The van der Waals surface area contributed by atoms with Crippen molar-refractivity contribution >= 4 is 45.2 Å². The summed E-state index contributed by atoms with van der Waals surface area (Å²) in [5.41, 5.74) is 0. The van der Waals surface area contributed by atoms with Crippen LogP contribution in [-0.2, 0) is 11.3 Å². The molecule has 0 aliphatic heterocycles. The summed E-state index contributed by atoms with van der Waals surface area (Å²) in [4.78, 5) is 3.90. The van der Waals surface area contributed by atoms with E-state index in [1.165, 1.54) is 6.20 Å². The molecule has 0 fully saturated rings. The fourth-order valence-corrected chi connectivity index (χ4v) is 2.01. The Kier molecular flexibility index (Phi) is 3.30. The molecule has 1 heterocycles. The van der Waals surface area contributed by atoms with Crippen LogP contribution in [0, 0.1) is 0 Å². The molecule has 0 saturated carbocycles. The van der Waals surface area contributed by atoms with E-state index >= 15 is 0 Å². The largest absolute Gasteiger partial charge is 0.389 e. The number of nitrogens with two attached hydrogens (primary N) is 1. The second-order valence-corrected chi connectivity index (χ2v) is 4.40. The molecular formula is C9H6Cl2N2O2S. The minimum Gasteiger partial charge on any atom is -0.389 e. The van der Waals surface area contributed by atoms with E-state index in [4.69, 9.17) is 32.5 Å². The number of aromatic nitrogens is 1. The third-order valence-electron chi connectivity index (χ3n) is 1.94. The minimum atomic E-state index is -1.87. The van der Waals surface area contributed by atoms with Crippen LogP contribution in [0.5, 0.6) is 5.75 Å². The Morgan fingerprint density at radius 2 is 2.06 bits per heavy atom. The highest BCUT2D eigenvalue weighted by molar-refractivity contribution is 7.78. The van der Waals surface area contributed by atoms with Crippen LogP contribution in [0.4, 0.5) is 0 Å². The fraction of sp³-hybridized carbons (Fsp3) is 0. The van der Waals surface area contributed by atoms with Crippen molar-refractivity contribution in [1.29, 1.82) is 0 Å². The lowest BCUT2D eigenvalue weighted by atomic mass is 10.2. The van der Waals surface area contributed by atoms with Gasteiger partial charge >= 0.3 is 0 Å². The van der Waals surface area contributed by atoms with Gasteiger partial charge < -0.3 is 4.18 Å². The summed E-state index contributed by atoms with van der Waals surface area (Å²) in [6.45, 7) is 0. The fourth-order valence-electron chi connectivity index (χ4n) is 1.30. The summed E-state index contributed by atoms with van der Waals surface area (Å²) in [5, 5.41) is 7.17. The predicted molar refractivity (Wildman–Crippen MR) is 64.7 cm³/mol. The van der Waals surface area contributed by atoms with Crippen LogP contribution in [0.25, 0.3) is 10.8 Å². The first kappa shape index (κ1) is 11.6. The number of hydrogen-bond donors (Lipinski definition) is 1. The van der Waals surface area contributed by atoms with Crippen LogP contribution in [0.2, 0.25) is 10.2 Å². The third kappa shape index (κ3) is 2.27. The summed E-state index contributed by atoms with van der Waals surface area (Å²) in [6, 6.07) is 4.89. The maximum Gasteiger partial charge on any atom is 0.285 e. The van der Waals surface area contributed by atoms with Crippen molar-refractivity contribution < 1.29 is 8.39 Å². The molecule has 16 heavy (non-hydrogen) atoms. The van der Waals surface area contributed by atoms with E-state index in [0.717, 1.165) is 5.39 Å². The van der Waals surface area contributed by atoms with Crippen LogP contribution < -0.4 is 9.32 Å². The molecule has 0 bridgehead atoms. The zero-order valence-electron chi connectivity index (χ0n) is 7.81. The van der Waals surface area contributed by atoms with Crippen LogP contribution in [0.15, 0.2) is 24.4 Å². The van der Waals surface area contributed by atoms with Gasteiger partial charge in [0.25, 0.3) is 11.3 Å². The molecule has 0 aliphatic carbocycles.